The van der Waals surface area contributed by atoms with E-state index in [1.807, 2.05) is 0 Å². The van der Waals surface area contributed by atoms with Crippen molar-refractivity contribution in [2.45, 2.75) is 25.7 Å². The number of nitrogens with zero attached hydrogens (tertiary/aromatic N) is 2. The lowest BCUT2D eigenvalue weighted by molar-refractivity contribution is -0.116. The molecule has 0 spiro atoms. The summed E-state index contributed by atoms with van der Waals surface area (Å²) in [5.41, 5.74) is 0. The first-order valence-corrected chi connectivity index (χ1v) is 4.78. The van der Waals surface area contributed by atoms with Crippen molar-refractivity contribution in [2.75, 3.05) is 13.1 Å². The molecule has 2 heterocycles. The van der Waals surface area contributed by atoms with Crippen LogP contribution >= 0.6 is 0 Å². The number of nitrogens with one attached hydrogen (secondary N) is 1. The molecule has 0 amide bonds. The second-order valence-electron chi connectivity index (χ2n) is 3.61. The van der Waals surface area contributed by atoms with Gasteiger partial charge in [0.15, 0.2) is 5.82 Å². The van der Waals surface area contributed by atoms with E-state index in [1.165, 1.54) is 6.92 Å². The summed E-state index contributed by atoms with van der Waals surface area (Å²) in [6.45, 7) is 3.42. The van der Waals surface area contributed by atoms with Crippen LogP contribution in [0.25, 0.3) is 0 Å². The Balaban J connectivity index is 2.05. The second-order valence-corrected chi connectivity index (χ2v) is 3.61. The number of Topliss-reactive ketones (excluding diaryl/α,β-unsaturated/α-hetero) is 1. The molecular formula is C9H13N3O2. The summed E-state index contributed by atoms with van der Waals surface area (Å²) in [5, 5.41) is 7.11. The largest absolute Gasteiger partial charge is 0.339 e. The maximum Gasteiger partial charge on any atom is 0.234 e. The summed E-state index contributed by atoms with van der Waals surface area (Å²) in [5.74, 6) is 1.55. The van der Waals surface area contributed by atoms with Gasteiger partial charge in [-0.2, -0.15) is 4.98 Å². The highest BCUT2D eigenvalue weighted by Crippen LogP contribution is 2.19. The highest BCUT2D eigenvalue weighted by Gasteiger charge is 2.22. The lowest BCUT2D eigenvalue weighted by Crippen LogP contribution is -2.09. The number of carbonyl (C=O) groups is 1. The Morgan fingerprint density at radius 2 is 2.57 bits per heavy atom. The fraction of sp³-hybridized carbons (Fsp3) is 0.667. The quantitative estimate of drug-likeness (QED) is 0.750. The van der Waals surface area contributed by atoms with Crippen LogP contribution in [0.4, 0.5) is 0 Å². The zero-order valence-electron chi connectivity index (χ0n) is 8.12. The van der Waals surface area contributed by atoms with Gasteiger partial charge in [0, 0.05) is 12.5 Å². The van der Waals surface area contributed by atoms with Crippen LogP contribution in [0.3, 0.4) is 0 Å². The van der Waals surface area contributed by atoms with Gasteiger partial charge in [0.1, 0.15) is 5.78 Å². The number of aromatic nitrogens is 2. The number of hydrogen-bond acceptors (Lipinski definition) is 5. The van der Waals surface area contributed by atoms with E-state index in [-0.39, 0.29) is 12.2 Å². The van der Waals surface area contributed by atoms with Gasteiger partial charge >= 0.3 is 0 Å². The van der Waals surface area contributed by atoms with Crippen molar-refractivity contribution < 1.29 is 9.32 Å². The molecule has 1 aromatic heterocycles. The Hall–Kier alpha value is -1.23. The van der Waals surface area contributed by atoms with Gasteiger partial charge in [-0.1, -0.05) is 5.16 Å². The van der Waals surface area contributed by atoms with Gasteiger partial charge in [0.05, 0.1) is 6.42 Å². The topological polar surface area (TPSA) is 68.0 Å². The minimum Gasteiger partial charge on any atom is -0.339 e. The number of hydrogen-bond donors (Lipinski definition) is 1. The van der Waals surface area contributed by atoms with Crippen molar-refractivity contribution in [1.82, 2.24) is 15.5 Å². The molecule has 0 aromatic carbocycles. The highest BCUT2D eigenvalue weighted by molar-refractivity contribution is 5.77. The third-order valence-electron chi connectivity index (χ3n) is 2.31. The third-order valence-corrected chi connectivity index (χ3v) is 2.31. The van der Waals surface area contributed by atoms with Crippen LogP contribution in [-0.4, -0.2) is 29.0 Å². The van der Waals surface area contributed by atoms with Crippen LogP contribution in [0.5, 0.6) is 0 Å². The molecule has 1 aromatic rings. The van der Waals surface area contributed by atoms with E-state index in [9.17, 15) is 4.79 Å². The van der Waals surface area contributed by atoms with E-state index < -0.39 is 0 Å². The first kappa shape index (κ1) is 9.33. The molecular weight excluding hydrogens is 182 g/mol. The van der Waals surface area contributed by atoms with Gasteiger partial charge in [-0.25, -0.2) is 0 Å². The fourth-order valence-electron chi connectivity index (χ4n) is 1.59. The molecule has 1 N–H and O–H groups in total. The average molecular weight is 195 g/mol. The molecule has 0 bridgehead atoms. The molecule has 1 fully saturated rings. The number of carbonyl (C=O) groups excluding carboxylic acids is 1. The minimum atomic E-state index is 0.0461. The van der Waals surface area contributed by atoms with Crippen molar-refractivity contribution >= 4 is 5.78 Å². The second kappa shape index (κ2) is 3.88. The van der Waals surface area contributed by atoms with Crippen LogP contribution in [0.1, 0.15) is 31.0 Å². The van der Waals surface area contributed by atoms with Crippen molar-refractivity contribution in [3.63, 3.8) is 0 Å². The Labute approximate surface area is 81.9 Å². The Morgan fingerprint density at radius 3 is 3.21 bits per heavy atom. The summed E-state index contributed by atoms with van der Waals surface area (Å²) >= 11 is 0. The molecule has 0 radical (unpaired) electrons. The molecule has 1 aliphatic heterocycles. The summed E-state index contributed by atoms with van der Waals surface area (Å²) in [6.07, 6.45) is 1.28. The monoisotopic (exact) mass is 195 g/mol. The molecule has 1 aliphatic rings. The summed E-state index contributed by atoms with van der Waals surface area (Å²) in [6, 6.07) is 0. The molecule has 0 aliphatic carbocycles. The zero-order valence-corrected chi connectivity index (χ0v) is 8.12. The van der Waals surface area contributed by atoms with Gasteiger partial charge in [0.25, 0.3) is 0 Å². The van der Waals surface area contributed by atoms with E-state index >= 15 is 0 Å². The van der Waals surface area contributed by atoms with E-state index in [1.54, 1.807) is 0 Å². The lowest BCUT2D eigenvalue weighted by atomic mass is 10.1. The Kier molecular flexibility index (Phi) is 2.58. The number of ketones is 1. The predicted molar refractivity (Wildman–Crippen MR) is 48.9 cm³/mol. The maximum atomic E-state index is 10.8. The molecule has 5 heteroatoms. The average Bonchev–Trinajstić information content (AvgIpc) is 2.69. The Bertz CT molecular complexity index is 329. The van der Waals surface area contributed by atoms with Gasteiger partial charge in [-0.05, 0) is 19.9 Å². The molecule has 76 valence electrons. The molecule has 1 unspecified atom stereocenters. The van der Waals surface area contributed by atoms with E-state index in [2.05, 4.69) is 15.5 Å². The van der Waals surface area contributed by atoms with Crippen molar-refractivity contribution in [3.05, 3.63) is 11.7 Å². The first-order chi connectivity index (χ1) is 6.75. The summed E-state index contributed by atoms with van der Waals surface area (Å²) in [7, 11) is 0. The smallest absolute Gasteiger partial charge is 0.234 e. The highest BCUT2D eigenvalue weighted by atomic mass is 16.5. The van der Waals surface area contributed by atoms with E-state index in [0.717, 1.165) is 25.3 Å². The lowest BCUT2D eigenvalue weighted by Gasteiger charge is -1.98. The summed E-state index contributed by atoms with van der Waals surface area (Å²) < 4.78 is 4.98. The van der Waals surface area contributed by atoms with Gasteiger partial charge in [-0.15, -0.1) is 0 Å². The van der Waals surface area contributed by atoms with Crippen LogP contribution in [0.2, 0.25) is 0 Å². The minimum absolute atomic E-state index is 0.0461. The van der Waals surface area contributed by atoms with Crippen molar-refractivity contribution in [1.29, 1.82) is 0 Å². The first-order valence-electron chi connectivity index (χ1n) is 4.78. The van der Waals surface area contributed by atoms with Crippen LogP contribution < -0.4 is 5.32 Å². The van der Waals surface area contributed by atoms with E-state index in [4.69, 9.17) is 4.52 Å². The van der Waals surface area contributed by atoms with Crippen molar-refractivity contribution in [2.24, 2.45) is 0 Å². The fourth-order valence-corrected chi connectivity index (χ4v) is 1.59. The molecule has 0 saturated carbocycles. The SMILES string of the molecule is CC(=O)Cc1nc(C2CCNC2)no1. The Morgan fingerprint density at radius 1 is 1.71 bits per heavy atom. The molecule has 1 saturated heterocycles. The van der Waals surface area contributed by atoms with Crippen molar-refractivity contribution in [3.8, 4) is 0 Å². The maximum absolute atomic E-state index is 10.8. The van der Waals surface area contributed by atoms with Crippen LogP contribution in [0, 0.1) is 0 Å². The van der Waals surface area contributed by atoms with E-state index in [0.29, 0.717) is 11.8 Å². The summed E-state index contributed by atoms with van der Waals surface area (Å²) in [4.78, 5) is 15.0. The van der Waals surface area contributed by atoms with Crippen LogP contribution in [-0.2, 0) is 11.2 Å². The number of rotatable bonds is 3. The molecule has 5 nitrogen and oxygen atoms in total. The van der Waals surface area contributed by atoms with Crippen LogP contribution in [0.15, 0.2) is 4.52 Å². The third kappa shape index (κ3) is 1.98. The van der Waals surface area contributed by atoms with Gasteiger partial charge < -0.3 is 9.84 Å². The standard InChI is InChI=1S/C9H13N3O2/c1-6(13)4-8-11-9(12-14-8)7-2-3-10-5-7/h7,10H,2-5H2,1H3. The predicted octanol–water partition coefficient (Wildman–Crippen LogP) is 0.278. The van der Waals surface area contributed by atoms with Gasteiger partial charge in [-0.3, -0.25) is 4.79 Å². The molecule has 1 atom stereocenters. The van der Waals surface area contributed by atoms with Gasteiger partial charge in [0.2, 0.25) is 5.89 Å². The molecule has 2 rings (SSSR count). The zero-order chi connectivity index (χ0) is 9.97. The normalized spacial score (nSPS) is 21.4. The molecule has 14 heavy (non-hydrogen) atoms.